The Morgan fingerprint density at radius 2 is 0.302 bits per heavy atom. The highest BCUT2D eigenvalue weighted by Gasteiger charge is 2.23. The average Bonchev–Trinajstić information content (AvgIpc) is 1.56. The number of fused-ring (bicyclic) bond motifs is 2. The maximum Gasteiger partial charge on any atom is 0.203 e. The van der Waals surface area contributed by atoms with E-state index in [9.17, 15) is 0 Å². The summed E-state index contributed by atoms with van der Waals surface area (Å²) in [5.74, 6) is 4.75. The first kappa shape index (κ1) is 113. The van der Waals surface area contributed by atoms with Crippen molar-refractivity contribution in [3.05, 3.63) is 36.4 Å². The van der Waals surface area contributed by atoms with Gasteiger partial charge in [0.1, 0.15) is 10.0 Å². The van der Waals surface area contributed by atoms with Gasteiger partial charge in [-0.1, -0.05) is 542 Å². The van der Waals surface area contributed by atoms with E-state index < -0.39 is 0 Å². The molecule has 0 aliphatic rings. The Labute approximate surface area is 788 Å². The predicted octanol–water partition coefficient (Wildman–Crippen LogP) is 41.4. The molecule has 0 radical (unpaired) electrons. The standard InChI is InChI=1S/C116H204N2O6S2/c1-7-13-19-25-31-37-43-49-55-61-67-73-79-85-91-119-107-97-103(98-108(120-92-86-80-74-68-62-56-50-44-38-32-26-20-14-8-2)113(107)123-95-89-83-77-71-65-59-53-47-41-35-29-23-17-11-5)115-117-105-101-112-106(102-111(105)125-115)118-116(126-112)104-99-109(121-93-87-81-75-69-63-57-51-45-39-33-27-21-15-9-3)114(124-96-90-84-78-72-66-60-54-48-42-36-30-24-18-12-6)110(100-104)122-94-88-82-76-70-64-58-52-46-40-34-28-22-16-10-4/h97-102H,7-96H2,1-6H3. The Morgan fingerprint density at radius 3 is 0.452 bits per heavy atom. The molecule has 2 heterocycles. The van der Waals surface area contributed by atoms with Crippen molar-refractivity contribution in [3.63, 3.8) is 0 Å². The molecule has 726 valence electrons. The van der Waals surface area contributed by atoms with Gasteiger partial charge in [0, 0.05) is 11.1 Å². The van der Waals surface area contributed by atoms with Gasteiger partial charge in [0.25, 0.3) is 0 Å². The minimum atomic E-state index is 0.661. The highest BCUT2D eigenvalue weighted by atomic mass is 32.1. The van der Waals surface area contributed by atoms with Crippen molar-refractivity contribution in [2.45, 2.75) is 581 Å². The molecular formula is C116H204N2O6S2. The van der Waals surface area contributed by atoms with E-state index in [1.54, 1.807) is 22.7 Å². The van der Waals surface area contributed by atoms with Crippen molar-refractivity contribution in [1.29, 1.82) is 0 Å². The summed E-state index contributed by atoms with van der Waals surface area (Å²) in [4.78, 5) is 11.0. The van der Waals surface area contributed by atoms with Gasteiger partial charge in [-0.2, -0.15) is 0 Å². The summed E-state index contributed by atoms with van der Waals surface area (Å²) in [5, 5.41) is 1.94. The zero-order chi connectivity index (χ0) is 89.0. The molecule has 126 heavy (non-hydrogen) atoms. The van der Waals surface area contributed by atoms with Crippen LogP contribution in [0.5, 0.6) is 34.5 Å². The molecule has 0 atom stereocenters. The Balaban J connectivity index is 1.38. The highest BCUT2D eigenvalue weighted by Crippen LogP contribution is 2.47. The van der Waals surface area contributed by atoms with Gasteiger partial charge in [0.05, 0.1) is 60.1 Å². The van der Waals surface area contributed by atoms with Gasteiger partial charge in [-0.25, -0.2) is 9.97 Å². The van der Waals surface area contributed by atoms with Crippen LogP contribution in [-0.2, 0) is 0 Å². The second kappa shape index (κ2) is 84.3. The molecule has 3 aromatic carbocycles. The normalized spacial score (nSPS) is 11.7. The van der Waals surface area contributed by atoms with Crippen LogP contribution in [-0.4, -0.2) is 49.6 Å². The van der Waals surface area contributed by atoms with Gasteiger partial charge in [-0.15, -0.1) is 22.7 Å². The molecule has 0 fully saturated rings. The molecule has 5 aromatic rings. The van der Waals surface area contributed by atoms with Gasteiger partial charge >= 0.3 is 0 Å². The van der Waals surface area contributed by atoms with Crippen LogP contribution in [0, 0.1) is 0 Å². The fourth-order valence-electron chi connectivity index (χ4n) is 18.6. The molecule has 0 aliphatic carbocycles. The third-order valence-electron chi connectivity index (χ3n) is 26.9. The molecule has 0 saturated heterocycles. The topological polar surface area (TPSA) is 81.2 Å². The number of rotatable bonds is 98. The molecule has 0 unspecified atom stereocenters. The fourth-order valence-corrected chi connectivity index (χ4v) is 20.5. The van der Waals surface area contributed by atoms with Gasteiger partial charge in [-0.3, -0.25) is 0 Å². The molecular weight excluding hydrogens is 1580 g/mol. The lowest BCUT2D eigenvalue weighted by Crippen LogP contribution is -2.06. The first-order chi connectivity index (χ1) is 62.5. The van der Waals surface area contributed by atoms with E-state index in [-0.39, 0.29) is 0 Å². The Morgan fingerprint density at radius 1 is 0.167 bits per heavy atom. The second-order valence-electron chi connectivity index (χ2n) is 39.1. The van der Waals surface area contributed by atoms with E-state index in [2.05, 4.69) is 77.9 Å². The van der Waals surface area contributed by atoms with Crippen LogP contribution < -0.4 is 28.4 Å². The van der Waals surface area contributed by atoms with Crippen molar-refractivity contribution in [3.8, 4) is 55.6 Å². The van der Waals surface area contributed by atoms with E-state index >= 15 is 0 Å². The van der Waals surface area contributed by atoms with E-state index in [1.165, 1.54) is 501 Å². The van der Waals surface area contributed by atoms with Gasteiger partial charge < -0.3 is 28.4 Å². The lowest BCUT2D eigenvalue weighted by molar-refractivity contribution is 0.234. The minimum Gasteiger partial charge on any atom is -0.490 e. The number of aromatic nitrogens is 2. The lowest BCUT2D eigenvalue weighted by Gasteiger charge is -2.19. The molecule has 8 nitrogen and oxygen atoms in total. The van der Waals surface area contributed by atoms with Crippen molar-refractivity contribution >= 4 is 43.1 Å². The van der Waals surface area contributed by atoms with Crippen molar-refractivity contribution < 1.29 is 28.4 Å². The summed E-state index contributed by atoms with van der Waals surface area (Å²) in [5.41, 5.74) is 4.04. The second-order valence-corrected chi connectivity index (χ2v) is 41.2. The van der Waals surface area contributed by atoms with E-state index in [0.29, 0.717) is 39.6 Å². The molecule has 0 N–H and O–H groups in total. The first-order valence-electron chi connectivity index (χ1n) is 56.4. The summed E-state index contributed by atoms with van der Waals surface area (Å²) < 4.78 is 44.1. The third-order valence-corrected chi connectivity index (χ3v) is 29.1. The zero-order valence-electron chi connectivity index (χ0n) is 84.3. The number of thiazole rings is 2. The maximum atomic E-state index is 6.99. The Kier molecular flexibility index (Phi) is 75.4. The SMILES string of the molecule is CCCCCCCCCCCCCCCCOc1cc(-c2nc3cc4sc(-c5cc(OCCCCCCCCCCCCCCCC)c(OCCCCCCCCCCCCCCCC)c(OCCCCCCCCCCCCCCCC)c5)nc4cc3s2)cc(OCCCCCCCCCCCCCCCC)c1OCCCCCCCCCCCCCCCC. The summed E-state index contributed by atoms with van der Waals surface area (Å²) in [7, 11) is 0. The molecule has 0 aliphatic heterocycles. The number of ether oxygens (including phenoxy) is 6. The largest absolute Gasteiger partial charge is 0.490 e. The Bertz CT molecular complexity index is 2810. The number of unbranched alkanes of at least 4 members (excludes halogenated alkanes) is 78. The Hall–Kier alpha value is -3.76. The molecule has 0 amide bonds. The number of hydrogen-bond acceptors (Lipinski definition) is 10. The van der Waals surface area contributed by atoms with Gasteiger partial charge in [0.15, 0.2) is 23.0 Å². The molecule has 0 saturated carbocycles. The molecule has 2 aromatic heterocycles. The molecule has 0 bridgehead atoms. The van der Waals surface area contributed by atoms with Gasteiger partial charge in [-0.05, 0) is 74.9 Å². The maximum absolute atomic E-state index is 6.99. The van der Waals surface area contributed by atoms with Crippen molar-refractivity contribution in [2.75, 3.05) is 39.6 Å². The number of benzene rings is 3. The van der Waals surface area contributed by atoms with E-state index in [0.717, 1.165) is 115 Å². The smallest absolute Gasteiger partial charge is 0.203 e. The van der Waals surface area contributed by atoms with Crippen LogP contribution in [0.2, 0.25) is 0 Å². The lowest BCUT2D eigenvalue weighted by atomic mass is 10.0. The number of hydrogen-bond donors (Lipinski definition) is 0. The zero-order valence-corrected chi connectivity index (χ0v) is 85.9. The van der Waals surface area contributed by atoms with E-state index in [1.807, 2.05) is 0 Å². The van der Waals surface area contributed by atoms with Crippen LogP contribution in [0.4, 0.5) is 0 Å². The monoisotopic (exact) mass is 1790 g/mol. The van der Waals surface area contributed by atoms with Crippen LogP contribution in [0.1, 0.15) is 581 Å². The van der Waals surface area contributed by atoms with Crippen molar-refractivity contribution in [1.82, 2.24) is 9.97 Å². The molecule has 10 heteroatoms. The average molecular weight is 1790 g/mol. The summed E-state index contributed by atoms with van der Waals surface area (Å²) in [6.45, 7) is 17.9. The van der Waals surface area contributed by atoms with E-state index in [4.69, 9.17) is 38.4 Å². The summed E-state index contributed by atoms with van der Waals surface area (Å²) >= 11 is 3.50. The van der Waals surface area contributed by atoms with Crippen LogP contribution >= 0.6 is 22.7 Å². The number of nitrogens with zero attached hydrogens (tertiary/aromatic N) is 2. The predicted molar refractivity (Wildman–Crippen MR) is 559 cm³/mol. The molecule has 0 spiro atoms. The third kappa shape index (κ3) is 59.0. The summed E-state index contributed by atoms with van der Waals surface area (Å²) in [6.07, 6.45) is 112. The fraction of sp³-hybridized carbons (Fsp3) is 0.828. The van der Waals surface area contributed by atoms with Crippen LogP contribution in [0.3, 0.4) is 0 Å². The molecule has 5 rings (SSSR count). The minimum absolute atomic E-state index is 0.661. The van der Waals surface area contributed by atoms with Crippen LogP contribution in [0.15, 0.2) is 36.4 Å². The first-order valence-corrected chi connectivity index (χ1v) is 58.0. The quantitative estimate of drug-likeness (QED) is 0.0356. The van der Waals surface area contributed by atoms with Gasteiger partial charge in [0.2, 0.25) is 11.5 Å². The summed E-state index contributed by atoms with van der Waals surface area (Å²) in [6, 6.07) is 13.5. The highest BCUT2D eigenvalue weighted by molar-refractivity contribution is 7.23. The van der Waals surface area contributed by atoms with Crippen LogP contribution in [0.25, 0.3) is 41.6 Å². The van der Waals surface area contributed by atoms with Crippen molar-refractivity contribution in [2.24, 2.45) is 0 Å².